The van der Waals surface area contributed by atoms with E-state index in [0.717, 1.165) is 11.5 Å². The molecular weight excluding hydrogens is 264 g/mol. The van der Waals surface area contributed by atoms with E-state index in [2.05, 4.69) is 5.32 Å². The molecule has 0 aliphatic rings. The van der Waals surface area contributed by atoms with Crippen molar-refractivity contribution in [1.29, 1.82) is 0 Å². The van der Waals surface area contributed by atoms with E-state index in [1.165, 1.54) is 6.07 Å². The third kappa shape index (κ3) is 3.15. The van der Waals surface area contributed by atoms with Gasteiger partial charge in [0.1, 0.15) is 16.4 Å². The maximum absolute atomic E-state index is 11.5. The maximum Gasteiger partial charge on any atom is 0.240 e. The Morgan fingerprint density at radius 2 is 1.89 bits per heavy atom. The number of furan rings is 1. The number of sulfonamides is 1. The molecule has 2 aromatic rings. The summed E-state index contributed by atoms with van der Waals surface area (Å²) < 4.78 is 28.5. The van der Waals surface area contributed by atoms with Crippen LogP contribution < -0.4 is 10.5 Å². The van der Waals surface area contributed by atoms with Crippen molar-refractivity contribution in [2.45, 2.75) is 24.8 Å². The van der Waals surface area contributed by atoms with Crippen LogP contribution in [0.5, 0.6) is 0 Å². The molecule has 0 saturated carbocycles. The normalized spacial score (nSPS) is 13.2. The zero-order chi connectivity index (χ0) is 14.0. The van der Waals surface area contributed by atoms with E-state index in [9.17, 15) is 8.42 Å². The Kier molecular flexibility index (Phi) is 3.64. The molecule has 0 aliphatic heterocycles. The second-order valence-corrected chi connectivity index (χ2v) is 5.89. The Bertz CT molecular complexity index is 677. The molecule has 1 aromatic heterocycles. The molecule has 19 heavy (non-hydrogen) atoms. The van der Waals surface area contributed by atoms with Gasteiger partial charge in [0.05, 0.1) is 11.7 Å². The monoisotopic (exact) mass is 280 g/mol. The molecule has 0 amide bonds. The molecule has 6 heteroatoms. The third-order valence-electron chi connectivity index (χ3n) is 2.75. The first-order valence-corrected chi connectivity index (χ1v) is 7.37. The molecule has 1 unspecified atom stereocenters. The fourth-order valence-electron chi connectivity index (χ4n) is 1.82. The van der Waals surface area contributed by atoms with Gasteiger partial charge in [-0.15, -0.1) is 0 Å². The SMILES string of the molecule is Cc1ccc(C(C)Nc2ccccc2S(N)(=O)=O)o1. The summed E-state index contributed by atoms with van der Waals surface area (Å²) in [6.07, 6.45) is 0. The fourth-order valence-corrected chi connectivity index (χ4v) is 2.53. The van der Waals surface area contributed by atoms with Crippen molar-refractivity contribution in [1.82, 2.24) is 0 Å². The van der Waals surface area contributed by atoms with Gasteiger partial charge < -0.3 is 9.73 Å². The average Bonchev–Trinajstić information content (AvgIpc) is 2.75. The number of aryl methyl sites for hydroxylation is 1. The number of hydrogen-bond acceptors (Lipinski definition) is 4. The van der Waals surface area contributed by atoms with Crippen molar-refractivity contribution < 1.29 is 12.8 Å². The first kappa shape index (κ1) is 13.6. The lowest BCUT2D eigenvalue weighted by molar-refractivity contribution is 0.466. The topological polar surface area (TPSA) is 85.3 Å². The van der Waals surface area contributed by atoms with Gasteiger partial charge in [0, 0.05) is 0 Å². The third-order valence-corrected chi connectivity index (χ3v) is 3.72. The minimum Gasteiger partial charge on any atom is -0.464 e. The van der Waals surface area contributed by atoms with E-state index in [1.54, 1.807) is 18.2 Å². The summed E-state index contributed by atoms with van der Waals surface area (Å²) in [5.41, 5.74) is 0.464. The van der Waals surface area contributed by atoms with Gasteiger partial charge in [-0.3, -0.25) is 0 Å². The lowest BCUT2D eigenvalue weighted by atomic mass is 10.2. The second-order valence-electron chi connectivity index (χ2n) is 4.36. The highest BCUT2D eigenvalue weighted by Crippen LogP contribution is 2.25. The molecule has 102 valence electrons. The summed E-state index contributed by atoms with van der Waals surface area (Å²) in [6, 6.07) is 10.1. The van der Waals surface area contributed by atoms with Gasteiger partial charge in [0.2, 0.25) is 10.0 Å². The number of nitrogens with two attached hydrogens (primary N) is 1. The van der Waals surface area contributed by atoms with Gasteiger partial charge in [-0.25, -0.2) is 13.6 Å². The van der Waals surface area contributed by atoms with Crippen LogP contribution >= 0.6 is 0 Å². The van der Waals surface area contributed by atoms with Gasteiger partial charge in [0.15, 0.2) is 0 Å². The molecule has 0 radical (unpaired) electrons. The van der Waals surface area contributed by atoms with Crippen molar-refractivity contribution in [2.75, 3.05) is 5.32 Å². The Morgan fingerprint density at radius 3 is 2.47 bits per heavy atom. The van der Waals surface area contributed by atoms with Gasteiger partial charge in [-0.05, 0) is 38.1 Å². The summed E-state index contributed by atoms with van der Waals surface area (Å²) in [7, 11) is -3.75. The van der Waals surface area contributed by atoms with E-state index in [0.29, 0.717) is 5.69 Å². The Hall–Kier alpha value is -1.79. The molecule has 2 rings (SSSR count). The minimum absolute atomic E-state index is 0.0742. The highest BCUT2D eigenvalue weighted by molar-refractivity contribution is 7.89. The summed E-state index contributed by atoms with van der Waals surface area (Å²) in [5, 5.41) is 8.28. The quantitative estimate of drug-likeness (QED) is 0.900. The van der Waals surface area contributed by atoms with E-state index < -0.39 is 10.0 Å². The molecule has 0 bridgehead atoms. The van der Waals surface area contributed by atoms with Crippen LogP contribution in [0.25, 0.3) is 0 Å². The van der Waals surface area contributed by atoms with Gasteiger partial charge >= 0.3 is 0 Å². The van der Waals surface area contributed by atoms with Crippen LogP contribution in [0.2, 0.25) is 0 Å². The summed E-state index contributed by atoms with van der Waals surface area (Å²) in [5.74, 6) is 1.55. The number of benzene rings is 1. The van der Waals surface area contributed by atoms with Crippen molar-refractivity contribution in [3.05, 3.63) is 47.9 Å². The van der Waals surface area contributed by atoms with Crippen LogP contribution in [-0.2, 0) is 10.0 Å². The second kappa shape index (κ2) is 5.07. The molecule has 1 aromatic carbocycles. The molecule has 3 N–H and O–H groups in total. The molecular formula is C13H16N2O3S. The van der Waals surface area contributed by atoms with E-state index in [4.69, 9.17) is 9.56 Å². The lowest BCUT2D eigenvalue weighted by Gasteiger charge is -2.15. The van der Waals surface area contributed by atoms with E-state index >= 15 is 0 Å². The summed E-state index contributed by atoms with van der Waals surface area (Å²) >= 11 is 0. The minimum atomic E-state index is -3.75. The first-order valence-electron chi connectivity index (χ1n) is 5.82. The first-order chi connectivity index (χ1) is 8.88. The van der Waals surface area contributed by atoms with Crippen LogP contribution in [0, 0.1) is 6.92 Å². The molecule has 1 atom stereocenters. The summed E-state index contributed by atoms with van der Waals surface area (Å²) in [6.45, 7) is 3.74. The van der Waals surface area contributed by atoms with Crippen LogP contribution in [0.3, 0.4) is 0 Å². The number of rotatable bonds is 4. The highest BCUT2D eigenvalue weighted by Gasteiger charge is 2.16. The van der Waals surface area contributed by atoms with Gasteiger partial charge in [0.25, 0.3) is 0 Å². The number of hydrogen-bond donors (Lipinski definition) is 2. The molecule has 5 nitrogen and oxygen atoms in total. The van der Waals surface area contributed by atoms with Crippen LogP contribution in [0.4, 0.5) is 5.69 Å². The zero-order valence-corrected chi connectivity index (χ0v) is 11.6. The predicted molar refractivity (Wildman–Crippen MR) is 73.3 cm³/mol. The Morgan fingerprint density at radius 1 is 1.21 bits per heavy atom. The number of primary sulfonamides is 1. The molecule has 0 spiro atoms. The van der Waals surface area contributed by atoms with E-state index in [1.807, 2.05) is 26.0 Å². The number of para-hydroxylation sites is 1. The molecule has 1 heterocycles. The van der Waals surface area contributed by atoms with Crippen LogP contribution in [0.15, 0.2) is 45.7 Å². The van der Waals surface area contributed by atoms with Gasteiger partial charge in [-0.1, -0.05) is 12.1 Å². The molecule has 0 aliphatic carbocycles. The molecule has 0 saturated heterocycles. The maximum atomic E-state index is 11.5. The Labute approximate surface area is 112 Å². The largest absolute Gasteiger partial charge is 0.464 e. The predicted octanol–water partition coefficient (Wildman–Crippen LogP) is 2.41. The fraction of sp³-hybridized carbons (Fsp3) is 0.231. The van der Waals surface area contributed by atoms with Crippen molar-refractivity contribution in [2.24, 2.45) is 5.14 Å². The number of anilines is 1. The van der Waals surface area contributed by atoms with Crippen LogP contribution in [0.1, 0.15) is 24.5 Å². The van der Waals surface area contributed by atoms with Crippen molar-refractivity contribution in [3.63, 3.8) is 0 Å². The Balaban J connectivity index is 2.29. The standard InChI is InChI=1S/C13H16N2O3S/c1-9-7-8-12(18-9)10(2)15-11-5-3-4-6-13(11)19(14,16)17/h3-8,10,15H,1-2H3,(H2,14,16,17). The van der Waals surface area contributed by atoms with Crippen LogP contribution in [-0.4, -0.2) is 8.42 Å². The zero-order valence-electron chi connectivity index (χ0n) is 10.8. The van der Waals surface area contributed by atoms with Gasteiger partial charge in [-0.2, -0.15) is 0 Å². The van der Waals surface area contributed by atoms with Crippen molar-refractivity contribution in [3.8, 4) is 0 Å². The highest BCUT2D eigenvalue weighted by atomic mass is 32.2. The van der Waals surface area contributed by atoms with E-state index in [-0.39, 0.29) is 10.9 Å². The number of nitrogens with one attached hydrogen (secondary N) is 1. The van der Waals surface area contributed by atoms with Crippen molar-refractivity contribution >= 4 is 15.7 Å². The average molecular weight is 280 g/mol. The molecule has 0 fully saturated rings. The smallest absolute Gasteiger partial charge is 0.240 e. The lowest BCUT2D eigenvalue weighted by Crippen LogP contribution is -2.16. The summed E-state index contributed by atoms with van der Waals surface area (Å²) in [4.78, 5) is 0.0742.